The molecule has 22 heavy (non-hydrogen) atoms. The number of nitrogens with zero attached hydrogens (tertiary/aromatic N) is 2. The van der Waals surface area contributed by atoms with Crippen LogP contribution in [0.25, 0.3) is 0 Å². The molecule has 5 nitrogen and oxygen atoms in total. The zero-order valence-corrected chi connectivity index (χ0v) is 14.1. The Labute approximate surface area is 133 Å². The molecule has 1 aromatic heterocycles. The maximum atomic E-state index is 12.3. The first-order chi connectivity index (χ1) is 10.4. The van der Waals surface area contributed by atoms with Crippen molar-refractivity contribution in [1.82, 2.24) is 9.88 Å². The van der Waals surface area contributed by atoms with Crippen LogP contribution in [0.2, 0.25) is 0 Å². The van der Waals surface area contributed by atoms with Crippen LogP contribution < -0.4 is 5.32 Å². The molecule has 2 heterocycles. The molecule has 1 atom stereocenters. The summed E-state index contributed by atoms with van der Waals surface area (Å²) in [5.74, 6) is 0.882. The normalized spacial score (nSPS) is 18.4. The Morgan fingerprint density at radius 3 is 2.82 bits per heavy atom. The summed E-state index contributed by atoms with van der Waals surface area (Å²) in [6.45, 7) is 9.47. The molecule has 1 N–H and O–H groups in total. The average molecular weight is 305 g/mol. The van der Waals surface area contributed by atoms with Crippen molar-refractivity contribution < 1.29 is 9.53 Å². The lowest BCUT2D eigenvalue weighted by atomic mass is 10.1. The van der Waals surface area contributed by atoms with Gasteiger partial charge in [0.15, 0.2) is 0 Å². The van der Waals surface area contributed by atoms with Crippen LogP contribution in [0.1, 0.15) is 58.6 Å². The molecular weight excluding hydrogens is 278 g/mol. The molecule has 0 unspecified atom stereocenters. The van der Waals surface area contributed by atoms with Crippen molar-refractivity contribution >= 4 is 11.9 Å². The lowest BCUT2D eigenvalue weighted by Gasteiger charge is -2.28. The van der Waals surface area contributed by atoms with Crippen LogP contribution in [0, 0.1) is 0 Å². The number of nitrogens with one attached hydrogen (secondary N) is 1. The van der Waals surface area contributed by atoms with Crippen LogP contribution in [0.5, 0.6) is 0 Å². The van der Waals surface area contributed by atoms with Gasteiger partial charge in [0.2, 0.25) is 0 Å². The summed E-state index contributed by atoms with van der Waals surface area (Å²) in [4.78, 5) is 18.6. The minimum absolute atomic E-state index is 0.0718. The van der Waals surface area contributed by atoms with Gasteiger partial charge < -0.3 is 15.0 Å². The van der Waals surface area contributed by atoms with Gasteiger partial charge in [0.05, 0.1) is 6.04 Å². The molecule has 1 aliphatic heterocycles. The largest absolute Gasteiger partial charge is 0.444 e. The minimum Gasteiger partial charge on any atom is -0.444 e. The van der Waals surface area contributed by atoms with E-state index in [1.165, 1.54) is 0 Å². The average Bonchev–Trinajstić information content (AvgIpc) is 2.93. The zero-order valence-electron chi connectivity index (χ0n) is 14.1. The van der Waals surface area contributed by atoms with E-state index in [2.05, 4.69) is 23.3 Å². The highest BCUT2D eigenvalue weighted by Crippen LogP contribution is 2.33. The van der Waals surface area contributed by atoms with Gasteiger partial charge in [-0.15, -0.1) is 0 Å². The van der Waals surface area contributed by atoms with E-state index in [1.54, 1.807) is 0 Å². The predicted octanol–water partition coefficient (Wildman–Crippen LogP) is 3.98. The fourth-order valence-electron chi connectivity index (χ4n) is 2.61. The van der Waals surface area contributed by atoms with Crippen LogP contribution in [-0.2, 0) is 4.74 Å². The van der Waals surface area contributed by atoms with E-state index in [1.807, 2.05) is 37.9 Å². The molecule has 0 radical (unpaired) electrons. The maximum absolute atomic E-state index is 12.3. The Morgan fingerprint density at radius 1 is 1.45 bits per heavy atom. The Hall–Kier alpha value is -1.78. The summed E-state index contributed by atoms with van der Waals surface area (Å²) in [6.07, 6.45) is 4.66. The van der Waals surface area contributed by atoms with Crippen molar-refractivity contribution in [2.75, 3.05) is 18.4 Å². The number of ether oxygens (including phenoxy) is 1. The number of anilines is 1. The third kappa shape index (κ3) is 4.36. The second-order valence-corrected chi connectivity index (χ2v) is 6.74. The quantitative estimate of drug-likeness (QED) is 0.914. The lowest BCUT2D eigenvalue weighted by Crippen LogP contribution is -2.36. The summed E-state index contributed by atoms with van der Waals surface area (Å²) in [5, 5.41) is 3.26. The number of aromatic nitrogens is 1. The molecular formula is C17H27N3O2. The van der Waals surface area contributed by atoms with Gasteiger partial charge in [0.1, 0.15) is 11.4 Å². The third-order valence-corrected chi connectivity index (χ3v) is 3.61. The van der Waals surface area contributed by atoms with Gasteiger partial charge in [-0.3, -0.25) is 0 Å². The summed E-state index contributed by atoms with van der Waals surface area (Å²) < 4.78 is 5.50. The fraction of sp³-hybridized carbons (Fsp3) is 0.647. The van der Waals surface area contributed by atoms with Crippen molar-refractivity contribution in [2.24, 2.45) is 0 Å². The Bertz CT molecular complexity index is 494. The molecule has 1 saturated heterocycles. The van der Waals surface area contributed by atoms with Gasteiger partial charge in [0.25, 0.3) is 0 Å². The van der Waals surface area contributed by atoms with E-state index in [0.717, 1.165) is 43.7 Å². The third-order valence-electron chi connectivity index (χ3n) is 3.61. The highest BCUT2D eigenvalue weighted by molar-refractivity contribution is 5.69. The number of likely N-dealkylation sites (tertiary alicyclic amines) is 1. The monoisotopic (exact) mass is 305 g/mol. The van der Waals surface area contributed by atoms with Crippen LogP contribution in [0.15, 0.2) is 18.3 Å². The Balaban J connectivity index is 2.05. The van der Waals surface area contributed by atoms with Gasteiger partial charge in [-0.05, 0) is 51.7 Å². The molecule has 0 saturated carbocycles. The highest BCUT2D eigenvalue weighted by atomic mass is 16.6. The van der Waals surface area contributed by atoms with Crippen molar-refractivity contribution in [1.29, 1.82) is 0 Å². The summed E-state index contributed by atoms with van der Waals surface area (Å²) in [7, 11) is 0. The number of pyridine rings is 1. The molecule has 5 heteroatoms. The number of hydrogen-bond acceptors (Lipinski definition) is 4. The highest BCUT2D eigenvalue weighted by Gasteiger charge is 2.33. The van der Waals surface area contributed by atoms with Crippen molar-refractivity contribution in [3.8, 4) is 0 Å². The van der Waals surface area contributed by atoms with Crippen LogP contribution >= 0.6 is 0 Å². The van der Waals surface area contributed by atoms with Crippen LogP contribution in [-0.4, -0.2) is 34.7 Å². The van der Waals surface area contributed by atoms with Gasteiger partial charge in [-0.25, -0.2) is 9.78 Å². The number of rotatable bonds is 4. The molecule has 0 aliphatic carbocycles. The first-order valence-corrected chi connectivity index (χ1v) is 8.10. The van der Waals surface area contributed by atoms with Crippen molar-refractivity contribution in [3.63, 3.8) is 0 Å². The molecule has 0 spiro atoms. The van der Waals surface area contributed by atoms with Gasteiger partial charge in [-0.1, -0.05) is 13.0 Å². The number of hydrogen-bond donors (Lipinski definition) is 1. The fourth-order valence-corrected chi connectivity index (χ4v) is 2.61. The van der Waals surface area contributed by atoms with Gasteiger partial charge >= 0.3 is 6.09 Å². The molecule has 1 aliphatic rings. The second kappa shape index (κ2) is 6.99. The smallest absolute Gasteiger partial charge is 0.410 e. The van der Waals surface area contributed by atoms with E-state index >= 15 is 0 Å². The van der Waals surface area contributed by atoms with E-state index in [-0.39, 0.29) is 12.1 Å². The van der Waals surface area contributed by atoms with Crippen molar-refractivity contribution in [2.45, 2.75) is 58.6 Å². The minimum atomic E-state index is -0.462. The molecule has 0 aromatic carbocycles. The first-order valence-electron chi connectivity index (χ1n) is 8.10. The summed E-state index contributed by atoms with van der Waals surface area (Å²) in [6, 6.07) is 4.11. The topological polar surface area (TPSA) is 54.5 Å². The van der Waals surface area contributed by atoms with Gasteiger partial charge in [0, 0.05) is 19.3 Å². The zero-order chi connectivity index (χ0) is 16.2. The van der Waals surface area contributed by atoms with Crippen molar-refractivity contribution in [3.05, 3.63) is 23.9 Å². The van der Waals surface area contributed by atoms with Crippen LogP contribution in [0.3, 0.4) is 0 Å². The maximum Gasteiger partial charge on any atom is 0.410 e. The summed E-state index contributed by atoms with van der Waals surface area (Å²) in [5.41, 5.74) is 0.613. The van der Waals surface area contributed by atoms with E-state index < -0.39 is 5.60 Å². The van der Waals surface area contributed by atoms with Gasteiger partial charge in [-0.2, -0.15) is 0 Å². The van der Waals surface area contributed by atoms with E-state index in [4.69, 9.17) is 4.74 Å². The molecule has 2 rings (SSSR count). The van der Waals surface area contributed by atoms with E-state index in [0.29, 0.717) is 0 Å². The lowest BCUT2D eigenvalue weighted by molar-refractivity contribution is 0.0224. The molecule has 0 bridgehead atoms. The Morgan fingerprint density at radius 2 is 2.23 bits per heavy atom. The molecule has 1 aromatic rings. The van der Waals surface area contributed by atoms with E-state index in [9.17, 15) is 4.79 Å². The molecule has 122 valence electrons. The first kappa shape index (κ1) is 16.6. The molecule has 1 fully saturated rings. The number of amides is 1. The molecule has 1 amide bonds. The number of carbonyl (C=O) groups is 1. The second-order valence-electron chi connectivity index (χ2n) is 6.74. The van der Waals surface area contributed by atoms with Crippen LogP contribution in [0.4, 0.5) is 10.6 Å². The Kier molecular flexibility index (Phi) is 5.27. The predicted molar refractivity (Wildman–Crippen MR) is 87.9 cm³/mol. The summed E-state index contributed by atoms with van der Waals surface area (Å²) >= 11 is 0. The standard InChI is InChI=1S/C17H27N3O2/c1-5-10-18-15-9-8-13(12-19-15)14-7-6-11-20(14)16(21)22-17(2,3)4/h8-9,12,14H,5-7,10-11H2,1-4H3,(H,18,19)/t14-/m1/s1. The SMILES string of the molecule is CCCNc1ccc([C@H]2CCCN2C(=O)OC(C)(C)C)cn1. The number of carbonyl (C=O) groups excluding carboxylic acids is 1.